The Hall–Kier alpha value is -1.86. The number of nitrogens with zero attached hydrogens (tertiary/aromatic N) is 3. The second-order valence-electron chi connectivity index (χ2n) is 7.41. The summed E-state index contributed by atoms with van der Waals surface area (Å²) >= 11 is 8.01. The van der Waals surface area contributed by atoms with Crippen LogP contribution in [0.1, 0.15) is 11.1 Å². The molecule has 3 aromatic rings. The van der Waals surface area contributed by atoms with Crippen LogP contribution in [0.15, 0.2) is 36.4 Å². The third kappa shape index (κ3) is 4.08. The van der Waals surface area contributed by atoms with E-state index in [-0.39, 0.29) is 18.3 Å². The van der Waals surface area contributed by atoms with E-state index in [1.165, 1.54) is 10.1 Å². The number of fused-ring (bicyclic) bond motifs is 2. The fourth-order valence-electron chi connectivity index (χ4n) is 4.05. The number of hydrogen-bond donors (Lipinski definition) is 1. The highest BCUT2D eigenvalue weighted by Gasteiger charge is 2.22. The Labute approximate surface area is 185 Å². The summed E-state index contributed by atoms with van der Waals surface area (Å²) < 4.78 is 5.94. The van der Waals surface area contributed by atoms with Crippen LogP contribution in [0.25, 0.3) is 10.1 Å². The summed E-state index contributed by atoms with van der Waals surface area (Å²) in [7, 11) is 0. The van der Waals surface area contributed by atoms with Crippen molar-refractivity contribution in [1.29, 1.82) is 0 Å². The van der Waals surface area contributed by atoms with Crippen LogP contribution >= 0.6 is 23.1 Å². The van der Waals surface area contributed by atoms with Crippen molar-refractivity contribution in [2.75, 3.05) is 42.9 Å². The number of aromatic nitrogens is 1. The third-order valence-electron chi connectivity index (χ3n) is 5.62. The number of amides is 1. The maximum absolute atomic E-state index is 11.6. The summed E-state index contributed by atoms with van der Waals surface area (Å²) in [5.41, 5.74) is 3.05. The largest absolute Gasteiger partial charge is 1.00 e. The lowest BCUT2D eigenvalue weighted by atomic mass is 10.1. The van der Waals surface area contributed by atoms with Crippen molar-refractivity contribution in [2.45, 2.75) is 12.8 Å². The number of carbonyl (C=O) groups excluding carboxylic acids is 1. The number of hydrogen-bond acceptors (Lipinski definition) is 5. The summed E-state index contributed by atoms with van der Waals surface area (Å²) in [6.07, 6.45) is 1.36. The molecule has 3 heterocycles. The van der Waals surface area contributed by atoms with E-state index in [9.17, 15) is 4.79 Å². The van der Waals surface area contributed by atoms with Crippen molar-refractivity contribution < 1.29 is 17.2 Å². The van der Waals surface area contributed by atoms with Gasteiger partial charge in [0.1, 0.15) is 5.82 Å². The van der Waals surface area contributed by atoms with E-state index >= 15 is 0 Å². The normalized spacial score (nSPS) is 16.6. The van der Waals surface area contributed by atoms with Gasteiger partial charge in [0.15, 0.2) is 0 Å². The first-order valence-electron chi connectivity index (χ1n) is 9.60. The van der Waals surface area contributed by atoms with E-state index in [0.29, 0.717) is 6.42 Å². The zero-order chi connectivity index (χ0) is 19.1. The molecule has 1 saturated heterocycles. The molecule has 2 aromatic carbocycles. The van der Waals surface area contributed by atoms with E-state index in [0.717, 1.165) is 66.8 Å². The van der Waals surface area contributed by atoms with Crippen LogP contribution < -0.4 is 22.6 Å². The van der Waals surface area contributed by atoms with Gasteiger partial charge in [-0.05, 0) is 47.3 Å². The highest BCUT2D eigenvalue weighted by Crippen LogP contribution is 2.31. The molecule has 8 heteroatoms. The highest BCUT2D eigenvalue weighted by atomic mass is 35.5. The van der Waals surface area contributed by atoms with Gasteiger partial charge in [0, 0.05) is 48.8 Å². The molecule has 5 rings (SSSR count). The summed E-state index contributed by atoms with van der Waals surface area (Å²) in [6.45, 7) is 5.00. The van der Waals surface area contributed by atoms with E-state index in [2.05, 4.69) is 49.8 Å². The Morgan fingerprint density at radius 1 is 1.14 bits per heavy atom. The maximum atomic E-state index is 11.6. The van der Waals surface area contributed by atoms with Crippen LogP contribution in [-0.2, 0) is 17.6 Å². The minimum atomic E-state index is 0. The van der Waals surface area contributed by atoms with Gasteiger partial charge in [-0.15, -0.1) is 0 Å². The molecular weight excluding hydrogens is 427 g/mol. The Morgan fingerprint density at radius 3 is 2.76 bits per heavy atom. The van der Waals surface area contributed by atoms with Gasteiger partial charge in [-0.3, -0.25) is 9.69 Å². The molecule has 0 saturated carbocycles. The minimum absolute atomic E-state index is 0. The number of benzene rings is 2. The van der Waals surface area contributed by atoms with Crippen LogP contribution in [-0.4, -0.2) is 47.9 Å². The molecule has 0 atom stereocenters. The van der Waals surface area contributed by atoms with Gasteiger partial charge < -0.3 is 22.6 Å². The molecule has 1 amide bonds. The van der Waals surface area contributed by atoms with Gasteiger partial charge in [-0.2, -0.15) is 4.37 Å². The predicted octanol–water partition coefficient (Wildman–Crippen LogP) is 0.813. The van der Waals surface area contributed by atoms with Crippen LogP contribution in [0.5, 0.6) is 0 Å². The summed E-state index contributed by atoms with van der Waals surface area (Å²) in [4.78, 5) is 16.4. The van der Waals surface area contributed by atoms with E-state index in [4.69, 9.17) is 11.6 Å². The van der Waals surface area contributed by atoms with Gasteiger partial charge in [-0.25, -0.2) is 0 Å². The number of halogens is 2. The van der Waals surface area contributed by atoms with Crippen LogP contribution in [0.4, 0.5) is 11.5 Å². The number of piperazine rings is 1. The van der Waals surface area contributed by atoms with Gasteiger partial charge >= 0.3 is 0 Å². The molecule has 1 fully saturated rings. The Balaban J connectivity index is 0.00000205. The Kier molecular flexibility index (Phi) is 5.97. The van der Waals surface area contributed by atoms with Crippen molar-refractivity contribution >= 4 is 50.6 Å². The fraction of sp³-hybridized carbons (Fsp3) is 0.333. The quantitative estimate of drug-likeness (QED) is 0.642. The zero-order valence-corrected chi connectivity index (χ0v) is 18.2. The average Bonchev–Trinajstić information content (AvgIpc) is 3.29. The topological polar surface area (TPSA) is 48.5 Å². The standard InChI is InChI=1S/C21H21ClN4OS.ClH/c22-17-13-18-15(12-20(27)23-18)11-14(17)5-6-25-7-9-26(10-8-25)21-16-3-1-2-4-19(16)28-24-21;/h1-4,11,13H,5-10,12H2,(H,23,27);1H/p-1. The molecule has 5 nitrogen and oxygen atoms in total. The monoisotopic (exact) mass is 447 g/mol. The van der Waals surface area contributed by atoms with E-state index in [1.54, 1.807) is 11.5 Å². The third-order valence-corrected chi connectivity index (χ3v) is 6.79. The number of anilines is 2. The van der Waals surface area contributed by atoms with Crippen molar-refractivity contribution in [2.24, 2.45) is 0 Å². The van der Waals surface area contributed by atoms with E-state index < -0.39 is 0 Å². The van der Waals surface area contributed by atoms with Crippen molar-refractivity contribution in [3.8, 4) is 0 Å². The van der Waals surface area contributed by atoms with Gasteiger partial charge in [0.05, 0.1) is 11.1 Å². The van der Waals surface area contributed by atoms with Crippen LogP contribution in [0, 0.1) is 0 Å². The van der Waals surface area contributed by atoms with E-state index in [1.807, 2.05) is 6.07 Å². The highest BCUT2D eigenvalue weighted by molar-refractivity contribution is 7.13. The lowest BCUT2D eigenvalue weighted by Gasteiger charge is -2.35. The van der Waals surface area contributed by atoms with Crippen molar-refractivity contribution in [1.82, 2.24) is 9.27 Å². The first-order valence-corrected chi connectivity index (χ1v) is 10.8. The molecule has 0 bridgehead atoms. The second-order valence-corrected chi connectivity index (χ2v) is 8.62. The summed E-state index contributed by atoms with van der Waals surface area (Å²) in [5.74, 6) is 1.17. The average molecular weight is 448 g/mol. The Bertz CT molecular complexity index is 1050. The van der Waals surface area contributed by atoms with Crippen molar-refractivity contribution in [3.05, 3.63) is 52.5 Å². The molecule has 2 aliphatic rings. The maximum Gasteiger partial charge on any atom is 0.228 e. The lowest BCUT2D eigenvalue weighted by molar-refractivity contribution is -0.115. The van der Waals surface area contributed by atoms with Gasteiger partial charge in [0.25, 0.3) is 0 Å². The van der Waals surface area contributed by atoms with Crippen LogP contribution in [0.2, 0.25) is 5.02 Å². The molecule has 0 unspecified atom stereocenters. The van der Waals surface area contributed by atoms with Crippen LogP contribution in [0.3, 0.4) is 0 Å². The molecule has 0 spiro atoms. The molecule has 0 radical (unpaired) electrons. The Morgan fingerprint density at radius 2 is 1.93 bits per heavy atom. The molecule has 29 heavy (non-hydrogen) atoms. The molecule has 152 valence electrons. The lowest BCUT2D eigenvalue weighted by Crippen LogP contribution is -3.00. The second kappa shape index (κ2) is 8.48. The molecule has 1 aromatic heterocycles. The number of nitrogens with one attached hydrogen (secondary N) is 1. The fourth-order valence-corrected chi connectivity index (χ4v) is 5.11. The molecular formula is C21H21Cl2N4OS-. The van der Waals surface area contributed by atoms with Gasteiger partial charge in [0.2, 0.25) is 5.91 Å². The first kappa shape index (κ1) is 20.4. The molecule has 2 aliphatic heterocycles. The summed E-state index contributed by atoms with van der Waals surface area (Å²) in [5, 5.41) is 4.86. The SMILES string of the molecule is O=C1Cc2cc(CCN3CCN(c4nsc5ccccc45)CC3)c(Cl)cc2N1.[Cl-]. The summed E-state index contributed by atoms with van der Waals surface area (Å²) in [6, 6.07) is 12.4. The number of carbonyl (C=O) groups is 1. The smallest absolute Gasteiger partial charge is 0.228 e. The predicted molar refractivity (Wildman–Crippen MR) is 116 cm³/mol. The minimum Gasteiger partial charge on any atom is -1.00 e. The molecule has 0 aliphatic carbocycles. The zero-order valence-electron chi connectivity index (χ0n) is 15.8. The first-order chi connectivity index (χ1) is 13.7. The molecule has 1 N–H and O–H groups in total. The van der Waals surface area contributed by atoms with Crippen molar-refractivity contribution in [3.63, 3.8) is 0 Å². The van der Waals surface area contributed by atoms with Gasteiger partial charge in [-0.1, -0.05) is 29.8 Å². The number of rotatable bonds is 4.